The number of thioether (sulfide) groups is 1. The fourth-order valence-electron chi connectivity index (χ4n) is 2.55. The molecule has 1 heterocycles. The van der Waals surface area contributed by atoms with Crippen molar-refractivity contribution in [3.63, 3.8) is 0 Å². The van der Waals surface area contributed by atoms with Crippen molar-refractivity contribution >= 4 is 46.3 Å². The average Bonchev–Trinajstić information content (AvgIpc) is 2.99. The van der Waals surface area contributed by atoms with Gasteiger partial charge >= 0.3 is 5.97 Å². The number of amides is 1. The van der Waals surface area contributed by atoms with Gasteiger partial charge in [0, 0.05) is 6.54 Å². The van der Waals surface area contributed by atoms with E-state index in [2.05, 4.69) is 4.74 Å². The molecule has 1 saturated heterocycles. The van der Waals surface area contributed by atoms with Crippen LogP contribution in [0.4, 0.5) is 0 Å². The van der Waals surface area contributed by atoms with Crippen LogP contribution in [-0.4, -0.2) is 34.8 Å². The molecule has 2 aromatic carbocycles. The monoisotopic (exact) mass is 413 g/mol. The number of methoxy groups -OCH3 is 1. The summed E-state index contributed by atoms with van der Waals surface area (Å²) in [5, 5.41) is 0. The number of rotatable bonds is 7. The lowest BCUT2D eigenvalue weighted by atomic mass is 10.2. The van der Waals surface area contributed by atoms with Crippen LogP contribution in [0, 0.1) is 0 Å². The van der Waals surface area contributed by atoms with E-state index in [0.717, 1.165) is 16.9 Å². The molecule has 7 heteroatoms. The minimum atomic E-state index is -0.371. The zero-order valence-electron chi connectivity index (χ0n) is 15.3. The van der Waals surface area contributed by atoms with Crippen molar-refractivity contribution in [3.05, 3.63) is 70.6 Å². The highest BCUT2D eigenvalue weighted by Gasteiger charge is 2.32. The molecule has 1 fully saturated rings. The van der Waals surface area contributed by atoms with E-state index in [9.17, 15) is 9.59 Å². The molecule has 0 radical (unpaired) electrons. The van der Waals surface area contributed by atoms with E-state index in [1.807, 2.05) is 54.6 Å². The van der Waals surface area contributed by atoms with Gasteiger partial charge < -0.3 is 9.47 Å². The van der Waals surface area contributed by atoms with E-state index in [4.69, 9.17) is 17.0 Å². The van der Waals surface area contributed by atoms with Gasteiger partial charge in [-0.05, 0) is 29.3 Å². The molecular weight excluding hydrogens is 394 g/mol. The molecule has 0 bridgehead atoms. The Morgan fingerprint density at radius 3 is 2.54 bits per heavy atom. The second-order valence-electron chi connectivity index (χ2n) is 6.00. The summed E-state index contributed by atoms with van der Waals surface area (Å²) in [6.45, 7) is 0.722. The number of nitrogens with zero attached hydrogens (tertiary/aromatic N) is 1. The summed E-state index contributed by atoms with van der Waals surface area (Å²) in [4.78, 5) is 25.8. The minimum absolute atomic E-state index is 0.115. The van der Waals surface area contributed by atoms with Crippen LogP contribution in [-0.2, 0) is 20.9 Å². The normalized spacial score (nSPS) is 15.2. The molecule has 3 rings (SSSR count). The molecule has 0 aromatic heterocycles. The van der Waals surface area contributed by atoms with Crippen molar-refractivity contribution in [3.8, 4) is 5.75 Å². The molecule has 5 nitrogen and oxygen atoms in total. The van der Waals surface area contributed by atoms with Gasteiger partial charge in [-0.3, -0.25) is 14.5 Å². The Morgan fingerprint density at radius 2 is 1.86 bits per heavy atom. The number of carbonyl (C=O) groups is 2. The van der Waals surface area contributed by atoms with Crippen LogP contribution in [0.1, 0.15) is 17.5 Å². The molecular formula is C21H19NO4S2. The van der Waals surface area contributed by atoms with Crippen LogP contribution < -0.4 is 4.74 Å². The Labute approximate surface area is 173 Å². The van der Waals surface area contributed by atoms with Crippen molar-refractivity contribution in [1.29, 1.82) is 0 Å². The summed E-state index contributed by atoms with van der Waals surface area (Å²) < 4.78 is 10.8. The average molecular weight is 414 g/mol. The van der Waals surface area contributed by atoms with Gasteiger partial charge in [-0.1, -0.05) is 66.4 Å². The zero-order chi connectivity index (χ0) is 19.9. The van der Waals surface area contributed by atoms with Crippen LogP contribution in [0.2, 0.25) is 0 Å². The third-order valence-electron chi connectivity index (χ3n) is 4.07. The molecule has 1 aliphatic rings. The molecule has 2 aromatic rings. The minimum Gasteiger partial charge on any atom is -0.489 e. The Balaban J connectivity index is 1.61. The Morgan fingerprint density at radius 1 is 1.14 bits per heavy atom. The maximum atomic E-state index is 12.5. The molecule has 144 valence electrons. The van der Waals surface area contributed by atoms with Crippen molar-refractivity contribution < 1.29 is 19.1 Å². The Kier molecular flexibility index (Phi) is 6.84. The van der Waals surface area contributed by atoms with Gasteiger partial charge in [-0.2, -0.15) is 0 Å². The molecule has 0 aliphatic carbocycles. The smallest absolute Gasteiger partial charge is 0.307 e. The van der Waals surface area contributed by atoms with E-state index in [1.54, 1.807) is 6.08 Å². The lowest BCUT2D eigenvalue weighted by molar-refractivity contribution is -0.140. The van der Waals surface area contributed by atoms with Gasteiger partial charge in [-0.15, -0.1) is 0 Å². The van der Waals surface area contributed by atoms with Crippen LogP contribution in [0.3, 0.4) is 0 Å². The van der Waals surface area contributed by atoms with Gasteiger partial charge in [-0.25, -0.2) is 0 Å². The highest BCUT2D eigenvalue weighted by Crippen LogP contribution is 2.32. The predicted molar refractivity (Wildman–Crippen MR) is 114 cm³/mol. The molecule has 0 saturated carbocycles. The van der Waals surface area contributed by atoms with Crippen LogP contribution in [0.15, 0.2) is 59.5 Å². The second kappa shape index (κ2) is 9.52. The van der Waals surface area contributed by atoms with E-state index < -0.39 is 0 Å². The topological polar surface area (TPSA) is 55.8 Å². The third-order valence-corrected chi connectivity index (χ3v) is 5.44. The van der Waals surface area contributed by atoms with Gasteiger partial charge in [0.15, 0.2) is 0 Å². The number of hydrogen-bond acceptors (Lipinski definition) is 6. The number of ether oxygens (including phenoxy) is 2. The quantitative estimate of drug-likeness (QED) is 0.388. The molecule has 0 atom stereocenters. The first-order valence-electron chi connectivity index (χ1n) is 8.66. The molecule has 28 heavy (non-hydrogen) atoms. The highest BCUT2D eigenvalue weighted by molar-refractivity contribution is 8.26. The van der Waals surface area contributed by atoms with Crippen molar-refractivity contribution in [2.45, 2.75) is 13.0 Å². The van der Waals surface area contributed by atoms with Gasteiger partial charge in [0.25, 0.3) is 5.91 Å². The lowest BCUT2D eigenvalue weighted by Gasteiger charge is -2.12. The zero-order valence-corrected chi connectivity index (χ0v) is 16.9. The highest BCUT2D eigenvalue weighted by atomic mass is 32.2. The van der Waals surface area contributed by atoms with Crippen molar-refractivity contribution in [1.82, 2.24) is 4.90 Å². The number of thiocarbonyl (C=S) groups is 1. The predicted octanol–water partition coefficient (Wildman–Crippen LogP) is 4.03. The standard InChI is InChI=1S/C21H19NO4S2/c1-25-19(23)11-12-22-20(24)18(28-21(22)27)13-15-7-9-17(10-8-15)26-14-16-5-3-2-4-6-16/h2-10,13H,11-12,14H2,1H3/b18-13-. The lowest BCUT2D eigenvalue weighted by Crippen LogP contribution is -2.30. The number of benzene rings is 2. The maximum Gasteiger partial charge on any atom is 0.307 e. The molecule has 0 N–H and O–H groups in total. The van der Waals surface area contributed by atoms with E-state index in [-0.39, 0.29) is 24.8 Å². The summed E-state index contributed by atoms with van der Waals surface area (Å²) in [6, 6.07) is 17.5. The second-order valence-corrected chi connectivity index (χ2v) is 7.68. The first kappa shape index (κ1) is 20.1. The van der Waals surface area contributed by atoms with E-state index in [0.29, 0.717) is 15.8 Å². The van der Waals surface area contributed by atoms with Gasteiger partial charge in [0.05, 0.1) is 18.4 Å². The molecule has 0 spiro atoms. The Bertz CT molecular complexity index is 894. The molecule has 0 unspecified atom stereocenters. The first-order chi connectivity index (χ1) is 13.6. The Hall–Kier alpha value is -2.64. The number of carbonyl (C=O) groups excluding carboxylic acids is 2. The van der Waals surface area contributed by atoms with Crippen LogP contribution >= 0.6 is 24.0 Å². The summed E-state index contributed by atoms with van der Waals surface area (Å²) in [5.74, 6) is 0.194. The van der Waals surface area contributed by atoms with Crippen LogP contribution in [0.5, 0.6) is 5.75 Å². The summed E-state index contributed by atoms with van der Waals surface area (Å²) in [5.41, 5.74) is 1.97. The summed E-state index contributed by atoms with van der Waals surface area (Å²) >= 11 is 6.49. The SMILES string of the molecule is COC(=O)CCN1C(=O)/C(=C/c2ccc(OCc3ccccc3)cc2)SC1=S. The fraction of sp³-hybridized carbons (Fsp3) is 0.190. The van der Waals surface area contributed by atoms with E-state index in [1.165, 1.54) is 23.8 Å². The number of hydrogen-bond donors (Lipinski definition) is 0. The maximum absolute atomic E-state index is 12.5. The first-order valence-corrected chi connectivity index (χ1v) is 9.88. The van der Waals surface area contributed by atoms with E-state index >= 15 is 0 Å². The van der Waals surface area contributed by atoms with Crippen LogP contribution in [0.25, 0.3) is 6.08 Å². The molecule has 1 amide bonds. The summed E-state index contributed by atoms with van der Waals surface area (Å²) in [6.07, 6.45) is 1.90. The number of esters is 1. The van der Waals surface area contributed by atoms with Crippen molar-refractivity contribution in [2.24, 2.45) is 0 Å². The summed E-state index contributed by atoms with van der Waals surface area (Å²) in [7, 11) is 1.32. The fourth-order valence-corrected chi connectivity index (χ4v) is 3.86. The molecule has 1 aliphatic heterocycles. The van der Waals surface area contributed by atoms with Crippen molar-refractivity contribution in [2.75, 3.05) is 13.7 Å². The van der Waals surface area contributed by atoms with Gasteiger partial charge in [0.2, 0.25) is 0 Å². The largest absolute Gasteiger partial charge is 0.489 e. The van der Waals surface area contributed by atoms with Gasteiger partial charge in [0.1, 0.15) is 16.7 Å². The third kappa shape index (κ3) is 5.21.